The first-order valence-corrected chi connectivity index (χ1v) is 5.49. The molecule has 0 bridgehead atoms. The molecule has 1 unspecified atom stereocenters. The SMILES string of the molecule is CC(C)N1C(=O)CCN1C1CCNC1. The van der Waals surface area contributed by atoms with Crippen LogP contribution < -0.4 is 5.32 Å². The molecule has 14 heavy (non-hydrogen) atoms. The van der Waals surface area contributed by atoms with Gasteiger partial charge in [0.2, 0.25) is 5.91 Å². The molecule has 0 spiro atoms. The molecule has 1 amide bonds. The summed E-state index contributed by atoms with van der Waals surface area (Å²) in [5, 5.41) is 7.54. The van der Waals surface area contributed by atoms with Crippen molar-refractivity contribution >= 4 is 5.91 Å². The van der Waals surface area contributed by atoms with Crippen molar-refractivity contribution in [1.82, 2.24) is 15.3 Å². The monoisotopic (exact) mass is 197 g/mol. The van der Waals surface area contributed by atoms with Gasteiger partial charge in [0.1, 0.15) is 0 Å². The van der Waals surface area contributed by atoms with E-state index in [1.165, 1.54) is 0 Å². The number of hydrazine groups is 1. The zero-order chi connectivity index (χ0) is 10.1. The summed E-state index contributed by atoms with van der Waals surface area (Å²) >= 11 is 0. The highest BCUT2D eigenvalue weighted by Gasteiger charge is 2.36. The number of carbonyl (C=O) groups is 1. The Labute approximate surface area is 85.2 Å². The molecule has 2 saturated heterocycles. The van der Waals surface area contributed by atoms with Gasteiger partial charge in [0.15, 0.2) is 0 Å². The Morgan fingerprint density at radius 2 is 2.29 bits per heavy atom. The molecule has 1 atom stereocenters. The van der Waals surface area contributed by atoms with Crippen molar-refractivity contribution in [1.29, 1.82) is 0 Å². The van der Waals surface area contributed by atoms with E-state index in [-0.39, 0.29) is 5.91 Å². The largest absolute Gasteiger partial charge is 0.315 e. The minimum Gasteiger partial charge on any atom is -0.315 e. The molecule has 80 valence electrons. The summed E-state index contributed by atoms with van der Waals surface area (Å²) in [7, 11) is 0. The van der Waals surface area contributed by atoms with E-state index in [1.807, 2.05) is 5.01 Å². The fourth-order valence-corrected chi connectivity index (χ4v) is 2.41. The molecule has 0 aromatic carbocycles. The van der Waals surface area contributed by atoms with Crippen LogP contribution in [0.25, 0.3) is 0 Å². The lowest BCUT2D eigenvalue weighted by Gasteiger charge is -2.35. The van der Waals surface area contributed by atoms with Gasteiger partial charge in [-0.1, -0.05) is 0 Å². The Morgan fingerprint density at radius 3 is 2.86 bits per heavy atom. The first-order chi connectivity index (χ1) is 6.70. The van der Waals surface area contributed by atoms with Gasteiger partial charge in [-0.2, -0.15) is 0 Å². The smallest absolute Gasteiger partial charge is 0.238 e. The molecule has 2 aliphatic heterocycles. The molecule has 0 aliphatic carbocycles. The lowest BCUT2D eigenvalue weighted by Crippen LogP contribution is -2.49. The molecule has 0 aromatic rings. The summed E-state index contributed by atoms with van der Waals surface area (Å²) in [4.78, 5) is 11.6. The van der Waals surface area contributed by atoms with Crippen LogP contribution >= 0.6 is 0 Å². The lowest BCUT2D eigenvalue weighted by atomic mass is 10.2. The second-order valence-corrected chi connectivity index (χ2v) is 4.39. The third-order valence-electron chi connectivity index (χ3n) is 3.03. The van der Waals surface area contributed by atoms with Crippen molar-refractivity contribution in [3.63, 3.8) is 0 Å². The van der Waals surface area contributed by atoms with Gasteiger partial charge in [-0.05, 0) is 26.8 Å². The Kier molecular flexibility index (Phi) is 2.74. The van der Waals surface area contributed by atoms with Gasteiger partial charge in [0, 0.05) is 31.6 Å². The van der Waals surface area contributed by atoms with Crippen LogP contribution in [0.1, 0.15) is 26.7 Å². The maximum atomic E-state index is 11.6. The summed E-state index contributed by atoms with van der Waals surface area (Å²) in [5.74, 6) is 0.284. The van der Waals surface area contributed by atoms with Gasteiger partial charge in [0.25, 0.3) is 0 Å². The standard InChI is InChI=1S/C10H19N3O/c1-8(2)13-10(14)4-6-12(13)9-3-5-11-7-9/h8-9,11H,3-7H2,1-2H3. The molecule has 0 aromatic heterocycles. The van der Waals surface area contributed by atoms with E-state index in [0.29, 0.717) is 18.5 Å². The lowest BCUT2D eigenvalue weighted by molar-refractivity contribution is -0.144. The third kappa shape index (κ3) is 1.64. The number of nitrogens with one attached hydrogen (secondary N) is 1. The van der Waals surface area contributed by atoms with E-state index in [1.54, 1.807) is 0 Å². The first-order valence-electron chi connectivity index (χ1n) is 5.49. The van der Waals surface area contributed by atoms with Crippen LogP contribution in [0.15, 0.2) is 0 Å². The zero-order valence-corrected chi connectivity index (χ0v) is 8.99. The van der Waals surface area contributed by atoms with E-state index in [0.717, 1.165) is 26.1 Å². The molecule has 0 radical (unpaired) electrons. The Morgan fingerprint density at radius 1 is 1.50 bits per heavy atom. The summed E-state index contributed by atoms with van der Waals surface area (Å²) in [5.41, 5.74) is 0. The van der Waals surface area contributed by atoms with E-state index >= 15 is 0 Å². The number of rotatable bonds is 2. The molecule has 2 fully saturated rings. The van der Waals surface area contributed by atoms with Crippen molar-refractivity contribution in [3.05, 3.63) is 0 Å². The van der Waals surface area contributed by atoms with Crippen molar-refractivity contribution in [2.75, 3.05) is 19.6 Å². The van der Waals surface area contributed by atoms with Crippen molar-refractivity contribution < 1.29 is 4.79 Å². The van der Waals surface area contributed by atoms with Crippen LogP contribution in [-0.4, -0.2) is 47.6 Å². The minimum absolute atomic E-state index is 0.284. The van der Waals surface area contributed by atoms with E-state index < -0.39 is 0 Å². The van der Waals surface area contributed by atoms with Gasteiger partial charge in [-0.3, -0.25) is 9.80 Å². The summed E-state index contributed by atoms with van der Waals surface area (Å²) in [6.07, 6.45) is 1.85. The van der Waals surface area contributed by atoms with Crippen LogP contribution in [-0.2, 0) is 4.79 Å². The average molecular weight is 197 g/mol. The first kappa shape index (κ1) is 9.93. The van der Waals surface area contributed by atoms with E-state index in [4.69, 9.17) is 0 Å². The van der Waals surface area contributed by atoms with Crippen LogP contribution in [0.3, 0.4) is 0 Å². The minimum atomic E-state index is 0.284. The molecule has 2 heterocycles. The number of hydrogen-bond donors (Lipinski definition) is 1. The Bertz CT molecular complexity index is 223. The quantitative estimate of drug-likeness (QED) is 0.687. The highest BCUT2D eigenvalue weighted by molar-refractivity contribution is 5.78. The molecular weight excluding hydrogens is 178 g/mol. The summed E-state index contributed by atoms with van der Waals surface area (Å²) in [6.45, 7) is 7.18. The predicted octanol–water partition coefficient (Wildman–Crippen LogP) is 0.206. The van der Waals surface area contributed by atoms with Crippen LogP contribution in [0.2, 0.25) is 0 Å². The van der Waals surface area contributed by atoms with Gasteiger partial charge >= 0.3 is 0 Å². The highest BCUT2D eigenvalue weighted by Crippen LogP contribution is 2.21. The zero-order valence-electron chi connectivity index (χ0n) is 8.99. The predicted molar refractivity (Wildman–Crippen MR) is 54.6 cm³/mol. The second-order valence-electron chi connectivity index (χ2n) is 4.39. The second kappa shape index (κ2) is 3.87. The Hall–Kier alpha value is -0.610. The molecule has 2 rings (SSSR count). The maximum Gasteiger partial charge on any atom is 0.238 e. The third-order valence-corrected chi connectivity index (χ3v) is 3.03. The Balaban J connectivity index is 2.06. The van der Waals surface area contributed by atoms with Gasteiger partial charge < -0.3 is 5.32 Å². The number of hydrogen-bond acceptors (Lipinski definition) is 3. The van der Waals surface area contributed by atoms with Crippen molar-refractivity contribution in [3.8, 4) is 0 Å². The molecular formula is C10H19N3O. The van der Waals surface area contributed by atoms with E-state index in [9.17, 15) is 4.79 Å². The average Bonchev–Trinajstić information content (AvgIpc) is 2.70. The van der Waals surface area contributed by atoms with Crippen LogP contribution in [0.5, 0.6) is 0 Å². The van der Waals surface area contributed by atoms with Crippen molar-refractivity contribution in [2.24, 2.45) is 0 Å². The topological polar surface area (TPSA) is 35.6 Å². The maximum absolute atomic E-state index is 11.6. The van der Waals surface area contributed by atoms with Crippen LogP contribution in [0.4, 0.5) is 0 Å². The summed E-state index contributed by atoms with van der Waals surface area (Å²) in [6, 6.07) is 0.828. The summed E-state index contributed by atoms with van der Waals surface area (Å²) < 4.78 is 0. The highest BCUT2D eigenvalue weighted by atomic mass is 16.2. The number of carbonyl (C=O) groups excluding carboxylic acids is 1. The molecule has 2 aliphatic rings. The van der Waals surface area contributed by atoms with Crippen LogP contribution in [0, 0.1) is 0 Å². The van der Waals surface area contributed by atoms with Crippen molar-refractivity contribution in [2.45, 2.75) is 38.8 Å². The van der Waals surface area contributed by atoms with Gasteiger partial charge in [0.05, 0.1) is 0 Å². The fraction of sp³-hybridized carbons (Fsp3) is 0.900. The van der Waals surface area contributed by atoms with Gasteiger partial charge in [-0.15, -0.1) is 0 Å². The normalized spacial score (nSPS) is 29.5. The molecule has 1 N–H and O–H groups in total. The molecule has 0 saturated carbocycles. The molecule has 4 heteroatoms. The fourth-order valence-electron chi connectivity index (χ4n) is 2.41. The number of nitrogens with zero attached hydrogens (tertiary/aromatic N) is 2. The van der Waals surface area contributed by atoms with E-state index in [2.05, 4.69) is 24.2 Å². The van der Waals surface area contributed by atoms with Gasteiger partial charge in [-0.25, -0.2) is 5.01 Å². The molecule has 4 nitrogen and oxygen atoms in total. The number of amides is 1.